The van der Waals surface area contributed by atoms with Crippen molar-refractivity contribution >= 4 is 11.9 Å². The lowest BCUT2D eigenvalue weighted by Gasteiger charge is -2.08. The van der Waals surface area contributed by atoms with Gasteiger partial charge in [-0.05, 0) is 19.3 Å². The average molecular weight is 187 g/mol. The van der Waals surface area contributed by atoms with E-state index in [-0.39, 0.29) is 18.2 Å². The molecule has 5 heteroatoms. The van der Waals surface area contributed by atoms with E-state index in [9.17, 15) is 9.59 Å². The largest absolute Gasteiger partial charge is 0.479 e. The van der Waals surface area contributed by atoms with E-state index in [1.807, 2.05) is 0 Å². The zero-order valence-corrected chi connectivity index (χ0v) is 7.19. The van der Waals surface area contributed by atoms with Crippen LogP contribution in [-0.2, 0) is 9.59 Å². The molecule has 0 spiro atoms. The Kier molecular flexibility index (Phi) is 3.25. The minimum absolute atomic E-state index is 0.0300. The van der Waals surface area contributed by atoms with E-state index in [4.69, 9.17) is 10.2 Å². The van der Waals surface area contributed by atoms with Crippen LogP contribution in [0.5, 0.6) is 0 Å². The van der Waals surface area contributed by atoms with Crippen LogP contribution in [0, 0.1) is 5.92 Å². The molecule has 1 aliphatic rings. The van der Waals surface area contributed by atoms with Gasteiger partial charge in [0.2, 0.25) is 5.91 Å². The number of nitrogens with one attached hydrogen (secondary N) is 1. The number of aliphatic hydroxyl groups is 1. The Bertz CT molecular complexity index is 216. The monoisotopic (exact) mass is 187 g/mol. The van der Waals surface area contributed by atoms with Crippen LogP contribution in [0.1, 0.15) is 19.3 Å². The Balaban J connectivity index is 2.25. The molecule has 1 rings (SSSR count). The van der Waals surface area contributed by atoms with Crippen molar-refractivity contribution in [1.29, 1.82) is 0 Å². The highest BCUT2D eigenvalue weighted by atomic mass is 16.4. The van der Waals surface area contributed by atoms with Gasteiger partial charge in [0.25, 0.3) is 0 Å². The zero-order chi connectivity index (χ0) is 9.84. The first-order chi connectivity index (χ1) is 6.11. The van der Waals surface area contributed by atoms with Crippen molar-refractivity contribution in [2.45, 2.75) is 25.4 Å². The van der Waals surface area contributed by atoms with E-state index in [1.54, 1.807) is 0 Å². The quantitative estimate of drug-likeness (QED) is 0.545. The van der Waals surface area contributed by atoms with Gasteiger partial charge in [-0.3, -0.25) is 4.79 Å². The molecule has 0 radical (unpaired) electrons. The highest BCUT2D eigenvalue weighted by molar-refractivity contribution is 5.80. The Labute approximate surface area is 75.7 Å². The molecular formula is C8H13NO4. The Morgan fingerprint density at radius 2 is 2.38 bits per heavy atom. The standard InChI is InChI=1S/C8H13NO4/c10-6(8(12)13)2-1-5-3-4-9-7(5)11/h5-6,10H,1-4H2,(H,9,11)(H,12,13)/t5-,6?/m0/s1. The average Bonchev–Trinajstić information content (AvgIpc) is 2.47. The third-order valence-electron chi connectivity index (χ3n) is 2.24. The minimum atomic E-state index is -1.34. The summed E-state index contributed by atoms with van der Waals surface area (Å²) in [5.74, 6) is -1.37. The minimum Gasteiger partial charge on any atom is -0.479 e. The maximum atomic E-state index is 11.0. The molecule has 0 aromatic carbocycles. The van der Waals surface area contributed by atoms with E-state index < -0.39 is 12.1 Å². The summed E-state index contributed by atoms with van der Waals surface area (Å²) in [6, 6.07) is 0. The summed E-state index contributed by atoms with van der Waals surface area (Å²) in [4.78, 5) is 21.3. The first kappa shape index (κ1) is 9.98. The first-order valence-electron chi connectivity index (χ1n) is 4.30. The van der Waals surface area contributed by atoms with Crippen LogP contribution in [0.15, 0.2) is 0 Å². The molecule has 1 amide bonds. The van der Waals surface area contributed by atoms with Gasteiger partial charge in [-0.1, -0.05) is 0 Å². The van der Waals surface area contributed by atoms with Crippen LogP contribution in [-0.4, -0.2) is 34.7 Å². The molecule has 3 N–H and O–H groups in total. The molecular weight excluding hydrogens is 174 g/mol. The summed E-state index contributed by atoms with van der Waals surface area (Å²) in [7, 11) is 0. The fourth-order valence-electron chi connectivity index (χ4n) is 1.40. The van der Waals surface area contributed by atoms with Gasteiger partial charge < -0.3 is 15.5 Å². The van der Waals surface area contributed by atoms with Gasteiger partial charge in [-0.15, -0.1) is 0 Å². The van der Waals surface area contributed by atoms with Crippen LogP contribution in [0.2, 0.25) is 0 Å². The summed E-state index contributed by atoms with van der Waals surface area (Å²) >= 11 is 0. The van der Waals surface area contributed by atoms with Crippen molar-refractivity contribution < 1.29 is 19.8 Å². The molecule has 0 aromatic heterocycles. The summed E-state index contributed by atoms with van der Waals surface area (Å²) in [6.45, 7) is 0.659. The van der Waals surface area contributed by atoms with Crippen molar-refractivity contribution in [3.63, 3.8) is 0 Å². The number of hydrogen-bond acceptors (Lipinski definition) is 3. The number of rotatable bonds is 4. The number of aliphatic hydroxyl groups excluding tert-OH is 1. The van der Waals surface area contributed by atoms with Crippen molar-refractivity contribution in [3.05, 3.63) is 0 Å². The molecule has 0 saturated carbocycles. The molecule has 0 aromatic rings. The van der Waals surface area contributed by atoms with Crippen molar-refractivity contribution in [2.24, 2.45) is 5.92 Å². The maximum absolute atomic E-state index is 11.0. The van der Waals surface area contributed by atoms with E-state index >= 15 is 0 Å². The van der Waals surface area contributed by atoms with Gasteiger partial charge in [-0.25, -0.2) is 4.79 Å². The molecule has 74 valence electrons. The molecule has 1 saturated heterocycles. The second kappa shape index (κ2) is 4.23. The third kappa shape index (κ3) is 2.69. The molecule has 0 aliphatic carbocycles. The normalized spacial score (nSPS) is 24.1. The van der Waals surface area contributed by atoms with Crippen molar-refractivity contribution in [3.8, 4) is 0 Å². The lowest BCUT2D eigenvalue weighted by Crippen LogP contribution is -2.23. The first-order valence-corrected chi connectivity index (χ1v) is 4.30. The molecule has 1 heterocycles. The zero-order valence-electron chi connectivity index (χ0n) is 7.19. The van der Waals surface area contributed by atoms with Crippen molar-refractivity contribution in [1.82, 2.24) is 5.32 Å². The van der Waals surface area contributed by atoms with Gasteiger partial charge in [0.15, 0.2) is 6.10 Å². The lowest BCUT2D eigenvalue weighted by molar-refractivity contribution is -0.147. The molecule has 2 atom stereocenters. The fourth-order valence-corrected chi connectivity index (χ4v) is 1.40. The number of carboxylic acid groups (broad SMARTS) is 1. The van der Waals surface area contributed by atoms with Crippen molar-refractivity contribution in [2.75, 3.05) is 6.54 Å². The summed E-state index contributed by atoms with van der Waals surface area (Å²) in [5, 5.41) is 20.0. The molecule has 1 unspecified atom stereocenters. The molecule has 5 nitrogen and oxygen atoms in total. The van der Waals surface area contributed by atoms with Crippen LogP contribution < -0.4 is 5.32 Å². The topological polar surface area (TPSA) is 86.6 Å². The summed E-state index contributed by atoms with van der Waals surface area (Å²) < 4.78 is 0. The van der Waals surface area contributed by atoms with Gasteiger partial charge in [0.1, 0.15) is 0 Å². The predicted molar refractivity (Wildman–Crippen MR) is 44.0 cm³/mol. The molecule has 13 heavy (non-hydrogen) atoms. The maximum Gasteiger partial charge on any atom is 0.332 e. The number of carbonyl (C=O) groups excluding carboxylic acids is 1. The fraction of sp³-hybridized carbons (Fsp3) is 0.750. The Morgan fingerprint density at radius 3 is 2.85 bits per heavy atom. The van der Waals surface area contributed by atoms with Gasteiger partial charge >= 0.3 is 5.97 Å². The highest BCUT2D eigenvalue weighted by Gasteiger charge is 2.25. The molecule has 1 fully saturated rings. The number of carbonyl (C=O) groups is 2. The molecule has 0 bridgehead atoms. The Morgan fingerprint density at radius 1 is 1.69 bits per heavy atom. The van der Waals surface area contributed by atoms with Gasteiger partial charge in [0.05, 0.1) is 0 Å². The summed E-state index contributed by atoms with van der Waals surface area (Å²) in [5.41, 5.74) is 0. The van der Waals surface area contributed by atoms with E-state index in [0.29, 0.717) is 13.0 Å². The van der Waals surface area contributed by atoms with Crippen LogP contribution in [0.25, 0.3) is 0 Å². The van der Waals surface area contributed by atoms with E-state index in [1.165, 1.54) is 0 Å². The van der Waals surface area contributed by atoms with Gasteiger partial charge in [0, 0.05) is 12.5 Å². The lowest BCUT2D eigenvalue weighted by atomic mass is 10.00. The van der Waals surface area contributed by atoms with Gasteiger partial charge in [-0.2, -0.15) is 0 Å². The van der Waals surface area contributed by atoms with E-state index in [2.05, 4.69) is 5.32 Å². The van der Waals surface area contributed by atoms with Crippen LogP contribution >= 0.6 is 0 Å². The van der Waals surface area contributed by atoms with Crippen LogP contribution in [0.4, 0.5) is 0 Å². The third-order valence-corrected chi connectivity index (χ3v) is 2.24. The number of hydrogen-bond donors (Lipinski definition) is 3. The number of carboxylic acids is 1. The second-order valence-electron chi connectivity index (χ2n) is 3.21. The smallest absolute Gasteiger partial charge is 0.332 e. The summed E-state index contributed by atoms with van der Waals surface area (Å²) in [6.07, 6.45) is -0.00820. The van der Waals surface area contributed by atoms with E-state index in [0.717, 1.165) is 6.42 Å². The highest BCUT2D eigenvalue weighted by Crippen LogP contribution is 2.16. The SMILES string of the molecule is O=C(O)C(O)CC[C@H]1CCNC1=O. The Hall–Kier alpha value is -1.10. The predicted octanol–water partition coefficient (Wildman–Crippen LogP) is -0.652. The number of amides is 1. The van der Waals surface area contributed by atoms with Crippen LogP contribution in [0.3, 0.4) is 0 Å². The molecule has 1 aliphatic heterocycles. The second-order valence-corrected chi connectivity index (χ2v) is 3.21. The number of aliphatic carboxylic acids is 1.